The number of rotatable bonds is 2. The molecule has 1 aromatic carbocycles. The van der Waals surface area contributed by atoms with Crippen LogP contribution in [-0.2, 0) is 15.6 Å². The van der Waals surface area contributed by atoms with Gasteiger partial charge in [0.25, 0.3) is 0 Å². The molecule has 0 N–H and O–H groups in total. The lowest BCUT2D eigenvalue weighted by atomic mass is 9.89. The number of benzene rings is 1. The molecule has 4 nitrogen and oxygen atoms in total. The smallest absolute Gasteiger partial charge is 0.244 e. The Labute approximate surface area is 120 Å². The normalized spacial score (nSPS) is 32.9. The van der Waals surface area contributed by atoms with E-state index in [1.54, 1.807) is 17.4 Å². The molecule has 0 bridgehead atoms. The van der Waals surface area contributed by atoms with Gasteiger partial charge in [-0.2, -0.15) is 4.31 Å². The van der Waals surface area contributed by atoms with E-state index in [4.69, 9.17) is 0 Å². The molecule has 1 unspecified atom stereocenters. The van der Waals surface area contributed by atoms with Gasteiger partial charge in [-0.1, -0.05) is 18.2 Å². The number of likely N-dealkylation sites (tertiary alicyclic amines) is 1. The molecule has 1 aliphatic carbocycles. The summed E-state index contributed by atoms with van der Waals surface area (Å²) in [5, 5.41) is 0. The lowest BCUT2D eigenvalue weighted by molar-refractivity contribution is 0.217. The van der Waals surface area contributed by atoms with E-state index in [-0.39, 0.29) is 5.54 Å². The predicted molar refractivity (Wildman–Crippen MR) is 76.8 cm³/mol. The second kappa shape index (κ2) is 4.06. The molecule has 2 fully saturated rings. The first-order valence-corrected chi connectivity index (χ1v) is 8.79. The van der Waals surface area contributed by atoms with Crippen molar-refractivity contribution in [3.05, 3.63) is 29.8 Å². The lowest BCUT2D eigenvalue weighted by Gasteiger charge is -2.31. The maximum atomic E-state index is 12.6. The average Bonchev–Trinajstić information content (AvgIpc) is 3.12. The molecule has 1 spiro atoms. The van der Waals surface area contributed by atoms with Crippen molar-refractivity contribution in [3.8, 4) is 0 Å². The Balaban J connectivity index is 1.75. The number of likely N-dealkylation sites (N-methyl/N-ethyl adjacent to an activating group) is 1. The minimum absolute atomic E-state index is 0.329. The number of fused-ring (bicyclic) bond motifs is 2. The minimum Gasteiger partial charge on any atom is -0.301 e. The van der Waals surface area contributed by atoms with Gasteiger partial charge in [-0.3, -0.25) is 0 Å². The SMILES string of the molecule is CN1C2(CCN(CC3CC3)C2)c2ccccc2S1(=O)=O. The summed E-state index contributed by atoms with van der Waals surface area (Å²) < 4.78 is 26.8. The van der Waals surface area contributed by atoms with E-state index in [1.807, 2.05) is 18.2 Å². The molecule has 5 heteroatoms. The van der Waals surface area contributed by atoms with E-state index < -0.39 is 10.0 Å². The Morgan fingerprint density at radius 2 is 2.05 bits per heavy atom. The fourth-order valence-corrected chi connectivity index (χ4v) is 5.58. The molecule has 0 radical (unpaired) electrons. The van der Waals surface area contributed by atoms with Crippen molar-refractivity contribution in [2.24, 2.45) is 5.92 Å². The second-order valence-electron chi connectivity index (χ2n) is 6.43. The highest BCUT2D eigenvalue weighted by Crippen LogP contribution is 2.48. The first-order valence-electron chi connectivity index (χ1n) is 7.35. The molecule has 2 aliphatic heterocycles. The summed E-state index contributed by atoms with van der Waals surface area (Å²) in [4.78, 5) is 2.96. The molecule has 3 aliphatic rings. The van der Waals surface area contributed by atoms with Crippen LogP contribution in [0.15, 0.2) is 29.2 Å². The van der Waals surface area contributed by atoms with Crippen LogP contribution in [0.5, 0.6) is 0 Å². The van der Waals surface area contributed by atoms with Crippen LogP contribution in [0.4, 0.5) is 0 Å². The van der Waals surface area contributed by atoms with Gasteiger partial charge in [0.2, 0.25) is 10.0 Å². The van der Waals surface area contributed by atoms with Crippen molar-refractivity contribution in [2.75, 3.05) is 26.7 Å². The quantitative estimate of drug-likeness (QED) is 0.832. The summed E-state index contributed by atoms with van der Waals surface area (Å²) in [5.74, 6) is 0.851. The molecule has 0 aromatic heterocycles. The molecule has 0 amide bonds. The number of nitrogens with zero attached hydrogens (tertiary/aromatic N) is 2. The molecular formula is C15H20N2O2S. The Morgan fingerprint density at radius 1 is 1.30 bits per heavy atom. The minimum atomic E-state index is -3.31. The van der Waals surface area contributed by atoms with E-state index in [1.165, 1.54) is 12.8 Å². The summed E-state index contributed by atoms with van der Waals surface area (Å²) in [7, 11) is -1.56. The molecule has 4 rings (SSSR count). The van der Waals surface area contributed by atoms with Gasteiger partial charge < -0.3 is 4.90 Å². The molecule has 20 heavy (non-hydrogen) atoms. The first-order chi connectivity index (χ1) is 9.54. The van der Waals surface area contributed by atoms with Crippen LogP contribution in [0.2, 0.25) is 0 Å². The fraction of sp³-hybridized carbons (Fsp3) is 0.600. The number of sulfonamides is 1. The van der Waals surface area contributed by atoms with Gasteiger partial charge in [0.05, 0.1) is 10.4 Å². The van der Waals surface area contributed by atoms with Crippen LogP contribution < -0.4 is 0 Å². The van der Waals surface area contributed by atoms with Crippen molar-refractivity contribution >= 4 is 10.0 Å². The Kier molecular flexibility index (Phi) is 2.60. The topological polar surface area (TPSA) is 40.6 Å². The van der Waals surface area contributed by atoms with E-state index >= 15 is 0 Å². The summed E-state index contributed by atoms with van der Waals surface area (Å²) >= 11 is 0. The lowest BCUT2D eigenvalue weighted by Crippen LogP contribution is -2.43. The summed E-state index contributed by atoms with van der Waals surface area (Å²) in [6.45, 7) is 2.98. The zero-order valence-corrected chi connectivity index (χ0v) is 12.6. The maximum Gasteiger partial charge on any atom is 0.244 e. The van der Waals surface area contributed by atoms with Crippen molar-refractivity contribution in [1.82, 2.24) is 9.21 Å². The number of hydrogen-bond acceptors (Lipinski definition) is 3. The molecule has 108 valence electrons. The van der Waals surface area contributed by atoms with Crippen LogP contribution in [0.25, 0.3) is 0 Å². The van der Waals surface area contributed by atoms with Crippen LogP contribution in [0, 0.1) is 5.92 Å². The van der Waals surface area contributed by atoms with Crippen LogP contribution in [0.1, 0.15) is 24.8 Å². The largest absolute Gasteiger partial charge is 0.301 e. The van der Waals surface area contributed by atoms with Gasteiger partial charge >= 0.3 is 0 Å². The van der Waals surface area contributed by atoms with Crippen molar-refractivity contribution < 1.29 is 8.42 Å². The monoisotopic (exact) mass is 292 g/mol. The summed E-state index contributed by atoms with van der Waals surface area (Å²) in [5.41, 5.74) is 0.672. The highest BCUT2D eigenvalue weighted by Gasteiger charge is 2.55. The van der Waals surface area contributed by atoms with Crippen molar-refractivity contribution in [2.45, 2.75) is 29.7 Å². The molecule has 1 aromatic rings. The zero-order chi connectivity index (χ0) is 14.0. The fourth-order valence-electron chi connectivity index (χ4n) is 3.79. The Hall–Kier alpha value is -0.910. The predicted octanol–water partition coefficient (Wildman–Crippen LogP) is 1.63. The third-order valence-electron chi connectivity index (χ3n) is 5.17. The van der Waals surface area contributed by atoms with Gasteiger partial charge in [-0.25, -0.2) is 8.42 Å². The summed E-state index contributed by atoms with van der Waals surface area (Å²) in [6.07, 6.45) is 3.59. The maximum absolute atomic E-state index is 12.6. The summed E-state index contributed by atoms with van der Waals surface area (Å²) in [6, 6.07) is 7.52. The van der Waals surface area contributed by atoms with Crippen LogP contribution in [0.3, 0.4) is 0 Å². The van der Waals surface area contributed by atoms with Gasteiger partial charge in [0.15, 0.2) is 0 Å². The van der Waals surface area contributed by atoms with E-state index in [0.29, 0.717) is 4.90 Å². The second-order valence-corrected chi connectivity index (χ2v) is 8.37. The Morgan fingerprint density at radius 3 is 2.80 bits per heavy atom. The molecule has 2 heterocycles. The number of hydrogen-bond donors (Lipinski definition) is 0. The van der Waals surface area contributed by atoms with Crippen LogP contribution >= 0.6 is 0 Å². The van der Waals surface area contributed by atoms with Gasteiger partial charge in [-0.15, -0.1) is 0 Å². The molecular weight excluding hydrogens is 272 g/mol. The van der Waals surface area contributed by atoms with Crippen LogP contribution in [-0.4, -0.2) is 44.3 Å². The Bertz CT molecular complexity index is 654. The zero-order valence-electron chi connectivity index (χ0n) is 11.7. The third kappa shape index (κ3) is 1.63. The van der Waals surface area contributed by atoms with Crippen molar-refractivity contribution in [1.29, 1.82) is 0 Å². The third-order valence-corrected chi connectivity index (χ3v) is 7.15. The standard InChI is InChI=1S/C15H20N2O2S/c1-16-15(8-9-17(11-15)10-12-6-7-12)13-4-2-3-5-14(13)20(16,18)19/h2-5,12H,6-11H2,1H3. The van der Waals surface area contributed by atoms with Gasteiger partial charge in [0.1, 0.15) is 0 Å². The molecule has 1 atom stereocenters. The molecule has 1 saturated heterocycles. The first kappa shape index (κ1) is 12.8. The van der Waals surface area contributed by atoms with Crippen molar-refractivity contribution in [3.63, 3.8) is 0 Å². The van der Waals surface area contributed by atoms with E-state index in [2.05, 4.69) is 4.90 Å². The van der Waals surface area contributed by atoms with E-state index in [0.717, 1.165) is 37.5 Å². The average molecular weight is 292 g/mol. The highest BCUT2D eigenvalue weighted by molar-refractivity contribution is 7.89. The highest BCUT2D eigenvalue weighted by atomic mass is 32.2. The molecule has 1 saturated carbocycles. The van der Waals surface area contributed by atoms with Gasteiger partial charge in [-0.05, 0) is 36.8 Å². The van der Waals surface area contributed by atoms with E-state index in [9.17, 15) is 8.42 Å². The van der Waals surface area contributed by atoms with Gasteiger partial charge in [0, 0.05) is 26.7 Å².